The van der Waals surface area contributed by atoms with Crippen LogP contribution in [0.1, 0.15) is 18.5 Å². The number of H-pyrrole nitrogens is 1. The van der Waals surface area contributed by atoms with Gasteiger partial charge in [-0.1, -0.05) is 23.7 Å². The molecule has 0 aliphatic carbocycles. The molecule has 1 heterocycles. The molecule has 2 aromatic carbocycles. The largest absolute Gasteiger partial charge is 0.497 e. The van der Waals surface area contributed by atoms with E-state index in [1.807, 2.05) is 42.5 Å². The maximum Gasteiger partial charge on any atom is 0.178 e. The molecule has 1 atom stereocenters. The summed E-state index contributed by atoms with van der Waals surface area (Å²) in [7, 11) is 1.66. The van der Waals surface area contributed by atoms with E-state index in [1.54, 1.807) is 7.11 Å². The lowest BCUT2D eigenvalue weighted by molar-refractivity contribution is 0.415. The van der Waals surface area contributed by atoms with Crippen molar-refractivity contribution in [1.29, 1.82) is 0 Å². The Balaban J connectivity index is 2.16. The zero-order valence-corrected chi connectivity index (χ0v) is 13.3. The number of fused-ring (bicyclic) bond motifs is 1. The highest BCUT2D eigenvalue weighted by Crippen LogP contribution is 2.27. The van der Waals surface area contributed by atoms with Gasteiger partial charge in [0.25, 0.3) is 0 Å². The number of rotatable bonds is 3. The molecular weight excluding hydrogens is 304 g/mol. The Morgan fingerprint density at radius 3 is 2.57 bits per heavy atom. The van der Waals surface area contributed by atoms with Crippen LogP contribution in [-0.2, 0) is 0 Å². The fraction of sp³-hybridized carbons (Fsp3) is 0.188. The zero-order valence-electron chi connectivity index (χ0n) is 11.8. The van der Waals surface area contributed by atoms with Crippen LogP contribution in [0.15, 0.2) is 42.5 Å². The van der Waals surface area contributed by atoms with Crippen LogP contribution in [0.2, 0.25) is 5.02 Å². The summed E-state index contributed by atoms with van der Waals surface area (Å²) in [5.74, 6) is 0.813. The average molecular weight is 319 g/mol. The van der Waals surface area contributed by atoms with Crippen LogP contribution in [0.4, 0.5) is 0 Å². The van der Waals surface area contributed by atoms with Crippen molar-refractivity contribution < 1.29 is 4.74 Å². The first-order valence-electron chi connectivity index (χ1n) is 6.64. The van der Waals surface area contributed by atoms with Gasteiger partial charge in [0, 0.05) is 11.1 Å². The van der Waals surface area contributed by atoms with Gasteiger partial charge >= 0.3 is 0 Å². The number of methoxy groups -OCH3 is 1. The highest BCUT2D eigenvalue weighted by molar-refractivity contribution is 7.71. The lowest BCUT2D eigenvalue weighted by atomic mass is 10.1. The van der Waals surface area contributed by atoms with Crippen molar-refractivity contribution in [2.24, 2.45) is 0 Å². The minimum atomic E-state index is 0.107. The summed E-state index contributed by atoms with van der Waals surface area (Å²) >= 11 is 11.4. The number of aromatic nitrogens is 2. The van der Waals surface area contributed by atoms with Crippen molar-refractivity contribution in [1.82, 2.24) is 9.55 Å². The maximum atomic E-state index is 5.96. The molecule has 3 aromatic rings. The summed E-state index contributed by atoms with van der Waals surface area (Å²) in [5.41, 5.74) is 3.18. The first-order chi connectivity index (χ1) is 10.1. The Labute approximate surface area is 133 Å². The second kappa shape index (κ2) is 5.54. The Kier molecular flexibility index (Phi) is 3.74. The molecule has 108 valence electrons. The topological polar surface area (TPSA) is 29.9 Å². The van der Waals surface area contributed by atoms with Crippen molar-refractivity contribution in [3.8, 4) is 5.75 Å². The molecule has 0 radical (unpaired) electrons. The predicted molar refractivity (Wildman–Crippen MR) is 88.9 cm³/mol. The van der Waals surface area contributed by atoms with Crippen LogP contribution in [0.3, 0.4) is 0 Å². The number of halogens is 1. The quantitative estimate of drug-likeness (QED) is 0.691. The second-order valence-electron chi connectivity index (χ2n) is 4.91. The van der Waals surface area contributed by atoms with Crippen LogP contribution in [0.25, 0.3) is 11.0 Å². The molecule has 21 heavy (non-hydrogen) atoms. The molecule has 0 aliphatic rings. The van der Waals surface area contributed by atoms with E-state index in [1.165, 1.54) is 0 Å². The van der Waals surface area contributed by atoms with E-state index in [0.29, 0.717) is 4.77 Å². The molecule has 0 amide bonds. The molecule has 0 spiro atoms. The van der Waals surface area contributed by atoms with Gasteiger partial charge in [-0.05, 0) is 49.0 Å². The molecule has 1 N–H and O–H groups in total. The third-order valence-electron chi connectivity index (χ3n) is 3.66. The third-order valence-corrected chi connectivity index (χ3v) is 4.22. The van der Waals surface area contributed by atoms with E-state index in [4.69, 9.17) is 28.6 Å². The lowest BCUT2D eigenvalue weighted by Gasteiger charge is -2.15. The Morgan fingerprint density at radius 1 is 1.19 bits per heavy atom. The van der Waals surface area contributed by atoms with Gasteiger partial charge in [-0.3, -0.25) is 0 Å². The minimum absolute atomic E-state index is 0.107. The number of aromatic amines is 1. The van der Waals surface area contributed by atoms with Gasteiger partial charge in [0.05, 0.1) is 24.2 Å². The summed E-state index contributed by atoms with van der Waals surface area (Å²) in [6, 6.07) is 13.8. The van der Waals surface area contributed by atoms with E-state index in [2.05, 4.69) is 16.5 Å². The van der Waals surface area contributed by atoms with Crippen molar-refractivity contribution in [2.75, 3.05) is 7.11 Å². The van der Waals surface area contributed by atoms with E-state index >= 15 is 0 Å². The van der Waals surface area contributed by atoms with Gasteiger partial charge in [-0.25, -0.2) is 0 Å². The van der Waals surface area contributed by atoms with Gasteiger partial charge in [0.2, 0.25) is 0 Å². The van der Waals surface area contributed by atoms with Crippen molar-refractivity contribution >= 4 is 34.9 Å². The molecule has 5 heteroatoms. The van der Waals surface area contributed by atoms with E-state index in [-0.39, 0.29) is 6.04 Å². The molecule has 1 aromatic heterocycles. The highest BCUT2D eigenvalue weighted by Gasteiger charge is 2.13. The van der Waals surface area contributed by atoms with Crippen LogP contribution >= 0.6 is 23.8 Å². The van der Waals surface area contributed by atoms with Crippen molar-refractivity contribution in [2.45, 2.75) is 13.0 Å². The third kappa shape index (κ3) is 2.57. The number of imidazole rings is 1. The predicted octanol–water partition coefficient (Wildman–Crippen LogP) is 4.97. The van der Waals surface area contributed by atoms with Crippen LogP contribution in [0, 0.1) is 4.77 Å². The maximum absolute atomic E-state index is 5.96. The normalized spacial score (nSPS) is 12.5. The fourth-order valence-corrected chi connectivity index (χ4v) is 3.00. The number of nitrogens with one attached hydrogen (secondary N) is 1. The molecule has 0 saturated heterocycles. The van der Waals surface area contributed by atoms with E-state index in [0.717, 1.165) is 27.4 Å². The van der Waals surface area contributed by atoms with Crippen molar-refractivity contribution in [3.63, 3.8) is 0 Å². The van der Waals surface area contributed by atoms with E-state index in [9.17, 15) is 0 Å². The summed E-state index contributed by atoms with van der Waals surface area (Å²) < 4.78 is 8.10. The van der Waals surface area contributed by atoms with Gasteiger partial charge in [-0.15, -0.1) is 0 Å². The number of nitrogens with zero attached hydrogens (tertiary/aromatic N) is 1. The standard InChI is InChI=1S/C16H15ClN2OS/c1-10(11-3-5-12(17)6-4-11)19-15-9-13(20-2)7-8-14(15)18-16(19)21/h3-10H,1-2H3,(H,18,21). The molecule has 3 rings (SSSR count). The van der Waals surface area contributed by atoms with Gasteiger partial charge in [0.1, 0.15) is 5.75 Å². The van der Waals surface area contributed by atoms with Crippen molar-refractivity contribution in [3.05, 3.63) is 57.8 Å². The number of benzene rings is 2. The second-order valence-corrected chi connectivity index (χ2v) is 5.73. The summed E-state index contributed by atoms with van der Waals surface area (Å²) in [4.78, 5) is 3.24. The molecule has 3 nitrogen and oxygen atoms in total. The van der Waals surface area contributed by atoms with E-state index < -0.39 is 0 Å². The Morgan fingerprint density at radius 2 is 1.90 bits per heavy atom. The van der Waals surface area contributed by atoms with Gasteiger partial charge < -0.3 is 14.3 Å². The highest BCUT2D eigenvalue weighted by atomic mass is 35.5. The molecule has 0 aliphatic heterocycles. The summed E-state index contributed by atoms with van der Waals surface area (Å²) in [5, 5.41) is 0.732. The van der Waals surface area contributed by atoms with Gasteiger partial charge in [0.15, 0.2) is 4.77 Å². The van der Waals surface area contributed by atoms with Crippen LogP contribution in [0.5, 0.6) is 5.75 Å². The van der Waals surface area contributed by atoms with Gasteiger partial charge in [-0.2, -0.15) is 0 Å². The summed E-state index contributed by atoms with van der Waals surface area (Å²) in [6.45, 7) is 2.12. The zero-order chi connectivity index (χ0) is 15.0. The first kappa shape index (κ1) is 14.2. The summed E-state index contributed by atoms with van der Waals surface area (Å²) in [6.07, 6.45) is 0. The molecular formula is C16H15ClN2OS. The fourth-order valence-electron chi connectivity index (χ4n) is 2.50. The van der Waals surface area contributed by atoms with Crippen LogP contribution < -0.4 is 4.74 Å². The molecule has 0 bridgehead atoms. The SMILES string of the molecule is COc1ccc2[nH]c(=S)n(C(C)c3ccc(Cl)cc3)c2c1. The molecule has 0 fully saturated rings. The molecule has 0 saturated carbocycles. The number of hydrogen-bond acceptors (Lipinski definition) is 2. The number of ether oxygens (including phenoxy) is 1. The smallest absolute Gasteiger partial charge is 0.178 e. The molecule has 1 unspecified atom stereocenters. The first-order valence-corrected chi connectivity index (χ1v) is 7.42. The Hall–Kier alpha value is -1.78. The Bertz CT molecular complexity index is 836. The minimum Gasteiger partial charge on any atom is -0.497 e. The lowest BCUT2D eigenvalue weighted by Crippen LogP contribution is -2.06. The average Bonchev–Trinajstić information content (AvgIpc) is 2.82. The van der Waals surface area contributed by atoms with Crippen LogP contribution in [-0.4, -0.2) is 16.7 Å². The monoisotopic (exact) mass is 318 g/mol. The number of hydrogen-bond donors (Lipinski definition) is 1.